The molecule has 24 heavy (non-hydrogen) atoms. The maximum atomic E-state index is 12.1. The topological polar surface area (TPSA) is 71.3 Å². The van der Waals surface area contributed by atoms with Crippen LogP contribution in [0.15, 0.2) is 24.3 Å². The minimum Gasteiger partial charge on any atom is -0.493 e. The van der Waals surface area contributed by atoms with E-state index in [2.05, 4.69) is 12.2 Å². The van der Waals surface area contributed by atoms with E-state index in [9.17, 15) is 4.79 Å². The molecular weight excluding hydrogens is 304 g/mol. The minimum atomic E-state index is -0.0717. The zero-order chi connectivity index (χ0) is 17.4. The van der Waals surface area contributed by atoms with Crippen LogP contribution in [0.2, 0.25) is 0 Å². The molecule has 1 amide bonds. The summed E-state index contributed by atoms with van der Waals surface area (Å²) in [7, 11) is 1.54. The highest BCUT2D eigenvalue weighted by Gasteiger charge is 2.21. The van der Waals surface area contributed by atoms with Gasteiger partial charge in [-0.3, -0.25) is 4.79 Å². The second-order valence-corrected chi connectivity index (χ2v) is 6.07. The number of rotatable bonds is 6. The highest BCUT2D eigenvalue weighted by atomic mass is 16.5. The molecule has 2 atom stereocenters. The van der Waals surface area contributed by atoms with E-state index in [0.29, 0.717) is 17.4 Å². The van der Waals surface area contributed by atoms with E-state index >= 15 is 0 Å². The quantitative estimate of drug-likeness (QED) is 0.813. The van der Waals surface area contributed by atoms with Gasteiger partial charge in [0.05, 0.1) is 7.11 Å². The van der Waals surface area contributed by atoms with E-state index < -0.39 is 0 Å². The van der Waals surface area contributed by atoms with E-state index in [-0.39, 0.29) is 18.6 Å². The molecule has 0 saturated heterocycles. The van der Waals surface area contributed by atoms with Crippen LogP contribution in [-0.4, -0.2) is 25.7 Å². The van der Waals surface area contributed by atoms with Crippen LogP contribution in [0, 0.1) is 17.2 Å². The Hall–Kier alpha value is -2.48. The predicted octanol–water partition coefficient (Wildman–Crippen LogP) is 3.31. The number of ether oxygens (including phenoxy) is 2. The normalized spacial score (nSPS) is 20.4. The van der Waals surface area contributed by atoms with Gasteiger partial charge in [0.25, 0.3) is 0 Å². The number of nitrogens with one attached hydrogen (secondary N) is 1. The predicted molar refractivity (Wildman–Crippen MR) is 92.7 cm³/mol. The van der Waals surface area contributed by atoms with Crippen LogP contribution in [0.5, 0.6) is 11.5 Å². The van der Waals surface area contributed by atoms with Gasteiger partial charge >= 0.3 is 0 Å². The molecule has 5 heteroatoms. The summed E-state index contributed by atoms with van der Waals surface area (Å²) in [5.74, 6) is 1.51. The summed E-state index contributed by atoms with van der Waals surface area (Å²) in [5.41, 5.74) is 0.836. The molecule has 1 aliphatic rings. The van der Waals surface area contributed by atoms with Crippen molar-refractivity contribution in [3.8, 4) is 17.6 Å². The smallest absolute Gasteiger partial charge is 0.244 e. The zero-order valence-electron chi connectivity index (χ0n) is 14.2. The molecule has 128 valence electrons. The Kier molecular flexibility index (Phi) is 6.68. The van der Waals surface area contributed by atoms with Crippen molar-refractivity contribution in [2.75, 3.05) is 13.7 Å². The molecule has 0 unspecified atom stereocenters. The molecule has 0 heterocycles. The summed E-state index contributed by atoms with van der Waals surface area (Å²) in [6.07, 6.45) is 7.96. The van der Waals surface area contributed by atoms with Crippen LogP contribution in [0.1, 0.15) is 38.2 Å². The standard InChI is InChI=1S/C19H24N2O3/c1-14-5-3-4-6-16(14)21-19(22)10-8-15-7-9-17(24-12-11-20)18(13-15)23-2/h7-10,13-14,16H,3-6,12H2,1-2H3,(H,21,22)/b10-8+/t14-,16-/m0/s1. The number of benzene rings is 1. The van der Waals surface area contributed by atoms with Gasteiger partial charge in [-0.05, 0) is 42.5 Å². The highest BCUT2D eigenvalue weighted by Crippen LogP contribution is 2.28. The lowest BCUT2D eigenvalue weighted by Gasteiger charge is -2.29. The molecule has 0 spiro atoms. The summed E-state index contributed by atoms with van der Waals surface area (Å²) in [6.45, 7) is 2.16. The average molecular weight is 328 g/mol. The van der Waals surface area contributed by atoms with Crippen molar-refractivity contribution in [2.24, 2.45) is 5.92 Å². The number of nitriles is 1. The van der Waals surface area contributed by atoms with E-state index in [1.54, 1.807) is 31.4 Å². The number of methoxy groups -OCH3 is 1. The zero-order valence-corrected chi connectivity index (χ0v) is 14.2. The molecular formula is C19H24N2O3. The van der Waals surface area contributed by atoms with Crippen LogP contribution in [0.3, 0.4) is 0 Å². The number of amides is 1. The van der Waals surface area contributed by atoms with E-state index in [1.165, 1.54) is 19.3 Å². The van der Waals surface area contributed by atoms with Crippen LogP contribution in [0.25, 0.3) is 6.08 Å². The molecule has 0 radical (unpaired) electrons. The Morgan fingerprint density at radius 1 is 1.38 bits per heavy atom. The van der Waals surface area contributed by atoms with E-state index in [4.69, 9.17) is 14.7 Å². The summed E-state index contributed by atoms with van der Waals surface area (Å²) >= 11 is 0. The molecule has 1 N–H and O–H groups in total. The van der Waals surface area contributed by atoms with Gasteiger partial charge in [0, 0.05) is 12.1 Å². The van der Waals surface area contributed by atoms with Gasteiger partial charge in [-0.25, -0.2) is 0 Å². The summed E-state index contributed by atoms with van der Waals surface area (Å²) in [6, 6.07) is 7.52. The number of nitrogens with zero attached hydrogens (tertiary/aromatic N) is 1. The first-order valence-corrected chi connectivity index (χ1v) is 8.30. The molecule has 5 nitrogen and oxygen atoms in total. The monoisotopic (exact) mass is 328 g/mol. The summed E-state index contributed by atoms with van der Waals surface area (Å²) < 4.78 is 10.5. The number of carbonyl (C=O) groups is 1. The fourth-order valence-electron chi connectivity index (χ4n) is 2.95. The lowest BCUT2D eigenvalue weighted by atomic mass is 9.86. The van der Waals surface area contributed by atoms with Gasteiger partial charge in [0.15, 0.2) is 18.1 Å². The lowest BCUT2D eigenvalue weighted by Crippen LogP contribution is -2.40. The van der Waals surface area contributed by atoms with Crippen molar-refractivity contribution in [3.05, 3.63) is 29.8 Å². The van der Waals surface area contributed by atoms with Gasteiger partial charge in [0.2, 0.25) is 5.91 Å². The lowest BCUT2D eigenvalue weighted by molar-refractivity contribution is -0.117. The average Bonchev–Trinajstić information content (AvgIpc) is 2.60. The molecule has 1 aromatic rings. The third kappa shape index (κ3) is 5.02. The number of carbonyl (C=O) groups excluding carboxylic acids is 1. The van der Waals surface area contributed by atoms with Gasteiger partial charge in [0.1, 0.15) is 6.07 Å². The van der Waals surface area contributed by atoms with E-state index in [0.717, 1.165) is 12.0 Å². The Balaban J connectivity index is 1.97. The molecule has 1 aromatic carbocycles. The maximum Gasteiger partial charge on any atom is 0.244 e. The third-order valence-corrected chi connectivity index (χ3v) is 4.35. The second-order valence-electron chi connectivity index (χ2n) is 6.07. The second kappa shape index (κ2) is 8.97. The highest BCUT2D eigenvalue weighted by molar-refractivity contribution is 5.92. The van der Waals surface area contributed by atoms with Crippen molar-refractivity contribution in [1.82, 2.24) is 5.32 Å². The molecule has 1 saturated carbocycles. The Morgan fingerprint density at radius 3 is 2.88 bits per heavy atom. The Bertz CT molecular complexity index is 634. The largest absolute Gasteiger partial charge is 0.493 e. The molecule has 0 aliphatic heterocycles. The van der Waals surface area contributed by atoms with Crippen LogP contribution in [-0.2, 0) is 4.79 Å². The molecule has 1 fully saturated rings. The maximum absolute atomic E-state index is 12.1. The van der Waals surface area contributed by atoms with Gasteiger partial charge in [-0.2, -0.15) is 5.26 Å². The minimum absolute atomic E-state index is 0.0342. The van der Waals surface area contributed by atoms with Crippen LogP contribution < -0.4 is 14.8 Å². The van der Waals surface area contributed by atoms with Crippen LogP contribution in [0.4, 0.5) is 0 Å². The SMILES string of the molecule is COc1cc(/C=C/C(=O)N[C@H]2CCCC[C@@H]2C)ccc1OCC#N. The van der Waals surface area contributed by atoms with E-state index in [1.807, 2.05) is 12.1 Å². The fraction of sp³-hybridized carbons (Fsp3) is 0.474. The Morgan fingerprint density at radius 2 is 2.17 bits per heavy atom. The first kappa shape index (κ1) is 17.9. The molecule has 0 aromatic heterocycles. The third-order valence-electron chi connectivity index (χ3n) is 4.35. The molecule has 0 bridgehead atoms. The number of hydrogen-bond donors (Lipinski definition) is 1. The van der Waals surface area contributed by atoms with Crippen molar-refractivity contribution in [3.63, 3.8) is 0 Å². The number of hydrogen-bond acceptors (Lipinski definition) is 4. The van der Waals surface area contributed by atoms with Crippen LogP contribution >= 0.6 is 0 Å². The molecule has 2 rings (SSSR count). The van der Waals surface area contributed by atoms with Crippen molar-refractivity contribution < 1.29 is 14.3 Å². The van der Waals surface area contributed by atoms with Gasteiger partial charge < -0.3 is 14.8 Å². The van der Waals surface area contributed by atoms with Gasteiger partial charge in [-0.15, -0.1) is 0 Å². The summed E-state index contributed by atoms with van der Waals surface area (Å²) in [4.78, 5) is 12.1. The first-order valence-electron chi connectivity index (χ1n) is 8.30. The first-order chi connectivity index (χ1) is 11.6. The summed E-state index contributed by atoms with van der Waals surface area (Å²) in [5, 5.41) is 11.7. The van der Waals surface area contributed by atoms with Crippen molar-refractivity contribution in [1.29, 1.82) is 5.26 Å². The van der Waals surface area contributed by atoms with Crippen molar-refractivity contribution >= 4 is 12.0 Å². The molecule has 1 aliphatic carbocycles. The Labute approximate surface area is 143 Å². The van der Waals surface area contributed by atoms with Crippen molar-refractivity contribution in [2.45, 2.75) is 38.6 Å². The fourth-order valence-corrected chi connectivity index (χ4v) is 2.95. The van der Waals surface area contributed by atoms with Gasteiger partial charge in [-0.1, -0.05) is 25.8 Å².